The Labute approximate surface area is 90.6 Å². The topological polar surface area (TPSA) is 50.8 Å². The van der Waals surface area contributed by atoms with E-state index in [1.165, 1.54) is 25.7 Å². The molecule has 1 heterocycles. The van der Waals surface area contributed by atoms with Crippen LogP contribution in [0.3, 0.4) is 0 Å². The zero-order valence-corrected chi connectivity index (χ0v) is 8.87. The molecule has 0 N–H and O–H groups in total. The van der Waals surface area contributed by atoms with Crippen molar-refractivity contribution in [2.75, 3.05) is 13.1 Å². The second kappa shape index (κ2) is 4.47. The SMILES string of the molecule is N#CC(C#N)=C1CCN(C2CCCC2)C1. The van der Waals surface area contributed by atoms with Crippen LogP contribution in [0, 0.1) is 22.7 Å². The van der Waals surface area contributed by atoms with Gasteiger partial charge in [0, 0.05) is 19.1 Å². The molecule has 0 aromatic carbocycles. The number of hydrogen-bond donors (Lipinski definition) is 0. The normalized spacial score (nSPS) is 22.7. The van der Waals surface area contributed by atoms with E-state index >= 15 is 0 Å². The van der Waals surface area contributed by atoms with Gasteiger partial charge in [-0.2, -0.15) is 10.5 Å². The number of nitriles is 2. The number of nitrogens with zero attached hydrogens (tertiary/aromatic N) is 3. The van der Waals surface area contributed by atoms with E-state index in [-0.39, 0.29) is 0 Å². The molecule has 1 saturated carbocycles. The Bertz CT molecular complexity index is 334. The van der Waals surface area contributed by atoms with Crippen molar-refractivity contribution in [2.45, 2.75) is 38.1 Å². The van der Waals surface area contributed by atoms with Crippen molar-refractivity contribution in [1.29, 1.82) is 10.5 Å². The summed E-state index contributed by atoms with van der Waals surface area (Å²) >= 11 is 0. The number of rotatable bonds is 1. The molecular formula is C12H15N3. The summed E-state index contributed by atoms with van der Waals surface area (Å²) < 4.78 is 0. The fourth-order valence-electron chi connectivity index (χ4n) is 2.65. The van der Waals surface area contributed by atoms with E-state index in [1.807, 2.05) is 12.1 Å². The molecule has 0 bridgehead atoms. The third-order valence-corrected chi connectivity index (χ3v) is 3.51. The molecule has 2 fully saturated rings. The minimum absolute atomic E-state index is 0.343. The first kappa shape index (κ1) is 10.2. The second-order valence-corrected chi connectivity index (χ2v) is 4.36. The van der Waals surface area contributed by atoms with Crippen LogP contribution in [0.1, 0.15) is 32.1 Å². The zero-order valence-electron chi connectivity index (χ0n) is 8.87. The standard InChI is InChI=1S/C12H15N3/c13-7-11(8-14)10-5-6-15(9-10)12-3-1-2-4-12/h12H,1-6,9H2. The van der Waals surface area contributed by atoms with Crippen LogP contribution in [0.15, 0.2) is 11.1 Å². The quantitative estimate of drug-likeness (QED) is 0.609. The molecule has 0 unspecified atom stereocenters. The van der Waals surface area contributed by atoms with Gasteiger partial charge in [-0.05, 0) is 24.8 Å². The average molecular weight is 201 g/mol. The van der Waals surface area contributed by atoms with Crippen molar-refractivity contribution in [3.05, 3.63) is 11.1 Å². The first-order valence-electron chi connectivity index (χ1n) is 5.61. The van der Waals surface area contributed by atoms with E-state index in [0.717, 1.165) is 25.1 Å². The van der Waals surface area contributed by atoms with Gasteiger partial charge in [0.15, 0.2) is 0 Å². The number of likely N-dealkylation sites (tertiary alicyclic amines) is 1. The molecule has 1 aliphatic heterocycles. The number of allylic oxidation sites excluding steroid dienone is 1. The maximum atomic E-state index is 8.79. The molecular weight excluding hydrogens is 186 g/mol. The summed E-state index contributed by atoms with van der Waals surface area (Å²) in [5.41, 5.74) is 1.39. The fourth-order valence-corrected chi connectivity index (χ4v) is 2.65. The van der Waals surface area contributed by atoms with Gasteiger partial charge in [-0.3, -0.25) is 4.90 Å². The third kappa shape index (κ3) is 2.03. The fraction of sp³-hybridized carbons (Fsp3) is 0.667. The Kier molecular flexibility index (Phi) is 3.04. The van der Waals surface area contributed by atoms with Gasteiger partial charge in [0.25, 0.3) is 0 Å². The maximum absolute atomic E-state index is 8.79. The lowest BCUT2D eigenvalue weighted by molar-refractivity contribution is 0.251. The van der Waals surface area contributed by atoms with Gasteiger partial charge in [-0.1, -0.05) is 12.8 Å². The van der Waals surface area contributed by atoms with E-state index < -0.39 is 0 Å². The Morgan fingerprint density at radius 2 is 1.87 bits per heavy atom. The highest BCUT2D eigenvalue weighted by Crippen LogP contribution is 2.29. The summed E-state index contributed by atoms with van der Waals surface area (Å²) in [6.07, 6.45) is 6.17. The molecule has 0 aromatic rings. The van der Waals surface area contributed by atoms with Crippen molar-refractivity contribution < 1.29 is 0 Å². The van der Waals surface area contributed by atoms with Crippen molar-refractivity contribution in [1.82, 2.24) is 4.90 Å². The van der Waals surface area contributed by atoms with Crippen LogP contribution in [-0.2, 0) is 0 Å². The van der Waals surface area contributed by atoms with E-state index in [1.54, 1.807) is 0 Å². The van der Waals surface area contributed by atoms with E-state index in [9.17, 15) is 0 Å². The van der Waals surface area contributed by atoms with Crippen LogP contribution in [0.4, 0.5) is 0 Å². The summed E-state index contributed by atoms with van der Waals surface area (Å²) in [4.78, 5) is 2.44. The highest BCUT2D eigenvalue weighted by molar-refractivity contribution is 5.41. The summed E-state index contributed by atoms with van der Waals surface area (Å²) in [7, 11) is 0. The van der Waals surface area contributed by atoms with Crippen LogP contribution in [-0.4, -0.2) is 24.0 Å². The molecule has 78 valence electrons. The van der Waals surface area contributed by atoms with Gasteiger partial charge in [0.1, 0.15) is 17.7 Å². The molecule has 3 nitrogen and oxygen atoms in total. The van der Waals surface area contributed by atoms with Crippen LogP contribution in [0.5, 0.6) is 0 Å². The Morgan fingerprint density at radius 3 is 2.47 bits per heavy atom. The van der Waals surface area contributed by atoms with Crippen LogP contribution >= 0.6 is 0 Å². The first-order chi connectivity index (χ1) is 7.35. The van der Waals surface area contributed by atoms with Crippen LogP contribution in [0.25, 0.3) is 0 Å². The van der Waals surface area contributed by atoms with E-state index in [2.05, 4.69) is 4.90 Å². The minimum Gasteiger partial charge on any atom is -0.296 e. The van der Waals surface area contributed by atoms with Crippen LogP contribution < -0.4 is 0 Å². The second-order valence-electron chi connectivity index (χ2n) is 4.36. The molecule has 15 heavy (non-hydrogen) atoms. The Balaban J connectivity index is 2.04. The summed E-state index contributed by atoms with van der Waals surface area (Å²) in [6.45, 7) is 1.88. The molecule has 0 aromatic heterocycles. The van der Waals surface area contributed by atoms with Crippen LogP contribution in [0.2, 0.25) is 0 Å². The Hall–Kier alpha value is -1.32. The van der Waals surface area contributed by atoms with Gasteiger partial charge >= 0.3 is 0 Å². The van der Waals surface area contributed by atoms with Gasteiger partial charge in [0.05, 0.1) is 0 Å². The van der Waals surface area contributed by atoms with Gasteiger partial charge in [-0.25, -0.2) is 0 Å². The summed E-state index contributed by atoms with van der Waals surface area (Å²) in [6, 6.07) is 4.70. The van der Waals surface area contributed by atoms with Crippen molar-refractivity contribution >= 4 is 0 Å². The summed E-state index contributed by atoms with van der Waals surface area (Å²) in [5, 5.41) is 17.6. The van der Waals surface area contributed by atoms with Gasteiger partial charge < -0.3 is 0 Å². The third-order valence-electron chi connectivity index (χ3n) is 3.51. The molecule has 0 atom stereocenters. The number of hydrogen-bond acceptors (Lipinski definition) is 3. The van der Waals surface area contributed by atoms with Gasteiger partial charge in [0.2, 0.25) is 0 Å². The largest absolute Gasteiger partial charge is 0.296 e. The van der Waals surface area contributed by atoms with Crippen molar-refractivity contribution in [3.63, 3.8) is 0 Å². The molecule has 2 aliphatic rings. The smallest absolute Gasteiger partial charge is 0.130 e. The van der Waals surface area contributed by atoms with Crippen molar-refractivity contribution in [3.8, 4) is 12.1 Å². The highest BCUT2D eigenvalue weighted by atomic mass is 15.2. The minimum atomic E-state index is 0.343. The lowest BCUT2D eigenvalue weighted by Crippen LogP contribution is -2.30. The van der Waals surface area contributed by atoms with E-state index in [4.69, 9.17) is 10.5 Å². The monoisotopic (exact) mass is 201 g/mol. The highest BCUT2D eigenvalue weighted by Gasteiger charge is 2.28. The van der Waals surface area contributed by atoms with Crippen molar-refractivity contribution in [2.24, 2.45) is 0 Å². The molecule has 1 aliphatic carbocycles. The summed E-state index contributed by atoms with van der Waals surface area (Å²) in [5.74, 6) is 0. The van der Waals surface area contributed by atoms with Gasteiger partial charge in [-0.15, -0.1) is 0 Å². The molecule has 3 heteroatoms. The first-order valence-corrected chi connectivity index (χ1v) is 5.61. The predicted octanol–water partition coefficient (Wildman–Crippen LogP) is 1.98. The molecule has 0 radical (unpaired) electrons. The van der Waals surface area contributed by atoms with E-state index in [0.29, 0.717) is 11.6 Å². The molecule has 2 rings (SSSR count). The average Bonchev–Trinajstić information content (AvgIpc) is 2.89. The maximum Gasteiger partial charge on any atom is 0.130 e. The lowest BCUT2D eigenvalue weighted by Gasteiger charge is -2.22. The molecule has 1 saturated heterocycles. The molecule has 0 amide bonds. The Morgan fingerprint density at radius 1 is 1.20 bits per heavy atom. The predicted molar refractivity (Wildman–Crippen MR) is 56.7 cm³/mol. The molecule has 0 spiro atoms. The lowest BCUT2D eigenvalue weighted by atomic mass is 10.1. The zero-order chi connectivity index (χ0) is 10.7.